The Morgan fingerprint density at radius 1 is 1.33 bits per heavy atom. The van der Waals surface area contributed by atoms with Gasteiger partial charge in [0, 0.05) is 30.4 Å². The Labute approximate surface area is 113 Å². The zero-order valence-corrected chi connectivity index (χ0v) is 11.6. The molecular formula is C14H20N2OS. The van der Waals surface area contributed by atoms with Gasteiger partial charge >= 0.3 is 0 Å². The Morgan fingerprint density at radius 3 is 2.67 bits per heavy atom. The Balaban J connectivity index is 1.60. The lowest BCUT2D eigenvalue weighted by Crippen LogP contribution is -2.28. The van der Waals surface area contributed by atoms with E-state index in [2.05, 4.69) is 41.2 Å². The van der Waals surface area contributed by atoms with E-state index >= 15 is 0 Å². The average molecular weight is 264 g/mol. The Kier molecular flexibility index (Phi) is 5.08. The highest BCUT2D eigenvalue weighted by Crippen LogP contribution is 2.18. The molecule has 1 aromatic carbocycles. The molecule has 4 heteroatoms. The standard InChI is InChI=1S/C14H20N2OS/c1-18-13-6-2-11(3-7-13)10-15-9-8-14(17)16-12-4-5-12/h2-3,6-7,12,15H,4-5,8-10H2,1H3,(H,16,17). The quantitative estimate of drug-likeness (QED) is 0.586. The van der Waals surface area contributed by atoms with E-state index in [9.17, 15) is 4.79 Å². The summed E-state index contributed by atoms with van der Waals surface area (Å²) in [5.41, 5.74) is 1.26. The van der Waals surface area contributed by atoms with Crippen molar-refractivity contribution in [2.75, 3.05) is 12.8 Å². The van der Waals surface area contributed by atoms with E-state index in [1.165, 1.54) is 10.5 Å². The largest absolute Gasteiger partial charge is 0.353 e. The first-order valence-corrected chi connectivity index (χ1v) is 7.63. The van der Waals surface area contributed by atoms with Crippen LogP contribution in [0.5, 0.6) is 0 Å². The van der Waals surface area contributed by atoms with Crippen molar-refractivity contribution in [3.05, 3.63) is 29.8 Å². The molecular weight excluding hydrogens is 244 g/mol. The summed E-state index contributed by atoms with van der Waals surface area (Å²) < 4.78 is 0. The van der Waals surface area contributed by atoms with Crippen LogP contribution in [0.15, 0.2) is 29.2 Å². The molecule has 0 spiro atoms. The highest BCUT2D eigenvalue weighted by atomic mass is 32.2. The minimum Gasteiger partial charge on any atom is -0.353 e. The summed E-state index contributed by atoms with van der Waals surface area (Å²) in [6, 6.07) is 8.98. The van der Waals surface area contributed by atoms with Crippen LogP contribution in [0.2, 0.25) is 0 Å². The van der Waals surface area contributed by atoms with E-state index in [0.717, 1.165) is 25.9 Å². The number of hydrogen-bond acceptors (Lipinski definition) is 3. The van der Waals surface area contributed by atoms with Crippen LogP contribution in [0.3, 0.4) is 0 Å². The third-order valence-electron chi connectivity index (χ3n) is 2.96. The molecule has 1 saturated carbocycles. The summed E-state index contributed by atoms with van der Waals surface area (Å²) in [4.78, 5) is 12.7. The molecule has 0 radical (unpaired) electrons. The number of carbonyl (C=O) groups excluding carboxylic acids is 1. The molecule has 18 heavy (non-hydrogen) atoms. The van der Waals surface area contributed by atoms with Gasteiger partial charge in [0.1, 0.15) is 0 Å². The van der Waals surface area contributed by atoms with Crippen LogP contribution in [0.4, 0.5) is 0 Å². The van der Waals surface area contributed by atoms with Crippen LogP contribution in [-0.2, 0) is 11.3 Å². The lowest BCUT2D eigenvalue weighted by molar-refractivity contribution is -0.121. The van der Waals surface area contributed by atoms with E-state index in [0.29, 0.717) is 12.5 Å². The number of amides is 1. The monoisotopic (exact) mass is 264 g/mol. The van der Waals surface area contributed by atoms with Crippen LogP contribution in [0.1, 0.15) is 24.8 Å². The fourth-order valence-corrected chi connectivity index (χ4v) is 2.11. The number of rotatable bonds is 7. The van der Waals surface area contributed by atoms with Crippen LogP contribution >= 0.6 is 11.8 Å². The molecule has 0 heterocycles. The number of hydrogen-bond donors (Lipinski definition) is 2. The van der Waals surface area contributed by atoms with Gasteiger partial charge < -0.3 is 10.6 Å². The molecule has 0 saturated heterocycles. The molecule has 0 bridgehead atoms. The van der Waals surface area contributed by atoms with Gasteiger partial charge in [-0.05, 0) is 36.8 Å². The molecule has 0 unspecified atom stereocenters. The molecule has 0 aliphatic heterocycles. The zero-order chi connectivity index (χ0) is 12.8. The predicted octanol–water partition coefficient (Wildman–Crippen LogP) is 2.17. The Morgan fingerprint density at radius 2 is 2.06 bits per heavy atom. The summed E-state index contributed by atoms with van der Waals surface area (Å²) in [6.45, 7) is 1.56. The highest BCUT2D eigenvalue weighted by molar-refractivity contribution is 7.98. The zero-order valence-electron chi connectivity index (χ0n) is 10.7. The molecule has 3 nitrogen and oxygen atoms in total. The summed E-state index contributed by atoms with van der Waals surface area (Å²) in [6.07, 6.45) is 4.95. The maximum atomic E-state index is 11.4. The maximum absolute atomic E-state index is 11.4. The first-order chi connectivity index (χ1) is 8.78. The lowest BCUT2D eigenvalue weighted by Gasteiger charge is -2.06. The smallest absolute Gasteiger partial charge is 0.221 e. The maximum Gasteiger partial charge on any atom is 0.221 e. The van der Waals surface area contributed by atoms with Crippen molar-refractivity contribution < 1.29 is 4.79 Å². The number of nitrogens with one attached hydrogen (secondary N) is 2. The highest BCUT2D eigenvalue weighted by Gasteiger charge is 2.22. The van der Waals surface area contributed by atoms with E-state index in [1.54, 1.807) is 11.8 Å². The van der Waals surface area contributed by atoms with Gasteiger partial charge in [0.15, 0.2) is 0 Å². The molecule has 1 aliphatic carbocycles. The molecule has 1 fully saturated rings. The number of thioether (sulfide) groups is 1. The normalized spacial score (nSPS) is 14.5. The van der Waals surface area contributed by atoms with Gasteiger partial charge in [-0.25, -0.2) is 0 Å². The molecule has 2 rings (SSSR count). The first kappa shape index (κ1) is 13.4. The summed E-state index contributed by atoms with van der Waals surface area (Å²) >= 11 is 1.75. The number of carbonyl (C=O) groups is 1. The fraction of sp³-hybridized carbons (Fsp3) is 0.500. The molecule has 98 valence electrons. The van der Waals surface area contributed by atoms with Crippen LogP contribution in [0, 0.1) is 0 Å². The molecule has 0 atom stereocenters. The SMILES string of the molecule is CSc1ccc(CNCCC(=O)NC2CC2)cc1. The van der Waals surface area contributed by atoms with Crippen LogP contribution < -0.4 is 10.6 Å². The van der Waals surface area contributed by atoms with Gasteiger partial charge in [-0.15, -0.1) is 11.8 Å². The van der Waals surface area contributed by atoms with Crippen LogP contribution in [0.25, 0.3) is 0 Å². The molecule has 1 aromatic rings. The summed E-state index contributed by atoms with van der Waals surface area (Å²) in [5.74, 6) is 0.169. The van der Waals surface area contributed by atoms with Gasteiger partial charge in [-0.1, -0.05) is 12.1 Å². The third kappa shape index (κ3) is 4.70. The first-order valence-electron chi connectivity index (χ1n) is 6.41. The Hall–Kier alpha value is -1.00. The molecule has 2 N–H and O–H groups in total. The van der Waals surface area contributed by atoms with Crippen molar-refractivity contribution in [2.24, 2.45) is 0 Å². The van der Waals surface area contributed by atoms with Crippen molar-refractivity contribution in [1.82, 2.24) is 10.6 Å². The van der Waals surface area contributed by atoms with Crippen molar-refractivity contribution in [1.29, 1.82) is 0 Å². The lowest BCUT2D eigenvalue weighted by atomic mass is 10.2. The van der Waals surface area contributed by atoms with Gasteiger partial charge in [0.25, 0.3) is 0 Å². The second kappa shape index (κ2) is 6.81. The summed E-state index contributed by atoms with van der Waals surface area (Å²) in [7, 11) is 0. The predicted molar refractivity (Wildman–Crippen MR) is 75.7 cm³/mol. The minimum atomic E-state index is 0.169. The molecule has 1 aliphatic rings. The molecule has 1 amide bonds. The minimum absolute atomic E-state index is 0.169. The van der Waals surface area contributed by atoms with Crippen LogP contribution in [-0.4, -0.2) is 24.7 Å². The van der Waals surface area contributed by atoms with Gasteiger partial charge in [-0.3, -0.25) is 4.79 Å². The third-order valence-corrected chi connectivity index (χ3v) is 3.70. The van der Waals surface area contributed by atoms with E-state index in [1.807, 2.05) is 0 Å². The van der Waals surface area contributed by atoms with E-state index in [-0.39, 0.29) is 5.91 Å². The van der Waals surface area contributed by atoms with E-state index < -0.39 is 0 Å². The van der Waals surface area contributed by atoms with Crippen molar-refractivity contribution in [3.8, 4) is 0 Å². The van der Waals surface area contributed by atoms with E-state index in [4.69, 9.17) is 0 Å². The van der Waals surface area contributed by atoms with Gasteiger partial charge in [0.05, 0.1) is 0 Å². The van der Waals surface area contributed by atoms with Gasteiger partial charge in [0.2, 0.25) is 5.91 Å². The van der Waals surface area contributed by atoms with Crippen molar-refractivity contribution >= 4 is 17.7 Å². The molecule has 0 aromatic heterocycles. The fourth-order valence-electron chi connectivity index (χ4n) is 1.71. The van der Waals surface area contributed by atoms with Crippen molar-refractivity contribution in [2.45, 2.75) is 36.7 Å². The topological polar surface area (TPSA) is 41.1 Å². The number of benzene rings is 1. The average Bonchev–Trinajstić information content (AvgIpc) is 3.19. The van der Waals surface area contributed by atoms with Crippen molar-refractivity contribution in [3.63, 3.8) is 0 Å². The summed E-state index contributed by atoms with van der Waals surface area (Å²) in [5, 5.41) is 6.28. The second-order valence-corrected chi connectivity index (χ2v) is 5.50. The second-order valence-electron chi connectivity index (χ2n) is 4.62. The Bertz CT molecular complexity index is 387. The van der Waals surface area contributed by atoms with Gasteiger partial charge in [-0.2, -0.15) is 0 Å².